The molecule has 1 N–H and O–H groups in total. The van der Waals surface area contributed by atoms with Crippen LogP contribution >= 0.6 is 0 Å². The number of anilines is 2. The van der Waals surface area contributed by atoms with Gasteiger partial charge in [0.05, 0.1) is 17.5 Å². The summed E-state index contributed by atoms with van der Waals surface area (Å²) in [6.07, 6.45) is 0. The number of rotatable bonds is 3. The molecule has 3 aliphatic carbocycles. The lowest BCUT2D eigenvalue weighted by atomic mass is 9.55. The molecule has 1 aliphatic heterocycles. The standard InChI is InChI=1S/C31H22N2O3/c34-29(18-8-2-1-3-9-18)32-19-14-16-20(17-15-19)33-30(35)27-25-21-10-4-5-11-22(21)26(28(27)31(33)36)24-13-7-6-12-23(24)25/h1-17,25-28H,(H,32,34)/t25?,26?,27-,28-/m0/s1. The monoisotopic (exact) mass is 470 g/mol. The van der Waals surface area contributed by atoms with Crippen LogP contribution in [0.15, 0.2) is 103 Å². The summed E-state index contributed by atoms with van der Waals surface area (Å²) in [5.74, 6) is -1.59. The summed E-state index contributed by atoms with van der Waals surface area (Å²) in [6.45, 7) is 0. The fourth-order valence-corrected chi connectivity index (χ4v) is 6.42. The molecule has 5 nitrogen and oxygen atoms in total. The van der Waals surface area contributed by atoms with Crippen molar-refractivity contribution in [3.8, 4) is 0 Å². The third kappa shape index (κ3) is 2.86. The Hall–Kier alpha value is -4.51. The van der Waals surface area contributed by atoms with E-state index >= 15 is 0 Å². The van der Waals surface area contributed by atoms with Crippen molar-refractivity contribution >= 4 is 29.1 Å². The van der Waals surface area contributed by atoms with Crippen LogP contribution < -0.4 is 10.2 Å². The Morgan fingerprint density at radius 1 is 0.583 bits per heavy atom. The Kier molecular flexibility index (Phi) is 4.48. The first kappa shape index (κ1) is 20.8. The molecule has 36 heavy (non-hydrogen) atoms. The lowest BCUT2D eigenvalue weighted by Gasteiger charge is -2.45. The van der Waals surface area contributed by atoms with E-state index in [0.717, 1.165) is 22.3 Å². The minimum atomic E-state index is -0.412. The van der Waals surface area contributed by atoms with Crippen LogP contribution in [-0.4, -0.2) is 17.7 Å². The van der Waals surface area contributed by atoms with E-state index in [9.17, 15) is 14.4 Å². The molecule has 1 saturated heterocycles. The number of carbonyl (C=O) groups is 3. The molecule has 0 aromatic heterocycles. The average molecular weight is 471 g/mol. The number of imide groups is 1. The summed E-state index contributed by atoms with van der Waals surface area (Å²) in [5.41, 5.74) is 6.32. The molecule has 8 rings (SSSR count). The van der Waals surface area contributed by atoms with Gasteiger partial charge in [0.1, 0.15) is 0 Å². The lowest BCUT2D eigenvalue weighted by molar-refractivity contribution is -0.122. The molecule has 1 fully saturated rings. The zero-order chi connectivity index (χ0) is 24.4. The lowest BCUT2D eigenvalue weighted by Crippen LogP contribution is -2.41. The third-order valence-corrected chi connectivity index (χ3v) is 7.87. The minimum absolute atomic E-state index is 0.127. The van der Waals surface area contributed by atoms with E-state index < -0.39 is 11.8 Å². The molecule has 3 amide bonds. The molecule has 2 atom stereocenters. The van der Waals surface area contributed by atoms with Gasteiger partial charge in [-0.05, 0) is 58.7 Å². The predicted molar refractivity (Wildman–Crippen MR) is 137 cm³/mol. The van der Waals surface area contributed by atoms with Gasteiger partial charge in [0.2, 0.25) is 11.8 Å². The topological polar surface area (TPSA) is 66.5 Å². The van der Waals surface area contributed by atoms with Gasteiger partial charge in [0.15, 0.2) is 0 Å². The third-order valence-electron chi connectivity index (χ3n) is 7.87. The van der Waals surface area contributed by atoms with E-state index in [0.29, 0.717) is 16.9 Å². The van der Waals surface area contributed by atoms with Crippen LogP contribution in [0.2, 0.25) is 0 Å². The molecule has 174 valence electrons. The highest BCUT2D eigenvalue weighted by atomic mass is 16.2. The van der Waals surface area contributed by atoms with Crippen molar-refractivity contribution in [3.63, 3.8) is 0 Å². The maximum Gasteiger partial charge on any atom is 0.255 e. The van der Waals surface area contributed by atoms with Gasteiger partial charge in [-0.25, -0.2) is 4.90 Å². The normalized spacial score (nSPS) is 23.2. The second-order valence-corrected chi connectivity index (χ2v) is 9.64. The van der Waals surface area contributed by atoms with E-state index in [-0.39, 0.29) is 29.6 Å². The smallest absolute Gasteiger partial charge is 0.255 e. The van der Waals surface area contributed by atoms with Crippen molar-refractivity contribution in [3.05, 3.63) is 131 Å². The van der Waals surface area contributed by atoms with Crippen molar-refractivity contribution < 1.29 is 14.4 Å². The van der Waals surface area contributed by atoms with Crippen LogP contribution in [0.25, 0.3) is 0 Å². The van der Waals surface area contributed by atoms with Gasteiger partial charge in [-0.15, -0.1) is 0 Å². The highest BCUT2D eigenvalue weighted by Gasteiger charge is 2.61. The molecule has 4 aromatic rings. The quantitative estimate of drug-likeness (QED) is 0.411. The first-order valence-electron chi connectivity index (χ1n) is 12.2. The SMILES string of the molecule is O=C(Nc1ccc(N2C(=O)[C@H]3C4c5ccccc5C(c5ccccc54)[C@@H]3C2=O)cc1)c1ccccc1. The van der Waals surface area contributed by atoms with Crippen LogP contribution in [-0.2, 0) is 9.59 Å². The van der Waals surface area contributed by atoms with E-state index in [1.54, 1.807) is 36.4 Å². The molecule has 0 saturated carbocycles. The Morgan fingerprint density at radius 2 is 1.03 bits per heavy atom. The maximum atomic E-state index is 13.8. The Labute approximate surface area is 208 Å². The summed E-state index contributed by atoms with van der Waals surface area (Å²) in [4.78, 5) is 41.5. The molecule has 0 spiro atoms. The number of amides is 3. The Balaban J connectivity index is 1.23. The summed E-state index contributed by atoms with van der Waals surface area (Å²) >= 11 is 0. The first-order chi connectivity index (χ1) is 17.6. The van der Waals surface area contributed by atoms with E-state index in [1.165, 1.54) is 4.90 Å². The van der Waals surface area contributed by atoms with Gasteiger partial charge in [-0.2, -0.15) is 0 Å². The summed E-state index contributed by atoms with van der Waals surface area (Å²) < 4.78 is 0. The van der Waals surface area contributed by atoms with Crippen molar-refractivity contribution in [2.24, 2.45) is 11.8 Å². The van der Waals surface area contributed by atoms with Crippen LogP contribution in [0, 0.1) is 11.8 Å². The van der Waals surface area contributed by atoms with Crippen LogP contribution in [0.1, 0.15) is 44.4 Å². The van der Waals surface area contributed by atoms with Gasteiger partial charge < -0.3 is 5.32 Å². The maximum absolute atomic E-state index is 13.8. The van der Waals surface area contributed by atoms with Crippen molar-refractivity contribution in [2.75, 3.05) is 10.2 Å². The highest BCUT2D eigenvalue weighted by molar-refractivity contribution is 6.23. The summed E-state index contributed by atoms with van der Waals surface area (Å²) in [7, 11) is 0. The van der Waals surface area contributed by atoms with Gasteiger partial charge >= 0.3 is 0 Å². The zero-order valence-corrected chi connectivity index (χ0v) is 19.3. The second kappa shape index (κ2) is 7.75. The Bertz CT molecular complexity index is 1430. The van der Waals surface area contributed by atoms with Crippen LogP contribution in [0.5, 0.6) is 0 Å². The van der Waals surface area contributed by atoms with Crippen LogP contribution in [0.3, 0.4) is 0 Å². The highest BCUT2D eigenvalue weighted by Crippen LogP contribution is 2.61. The molecule has 4 aromatic carbocycles. The largest absolute Gasteiger partial charge is 0.322 e. The molecule has 4 aliphatic rings. The second-order valence-electron chi connectivity index (χ2n) is 9.64. The predicted octanol–water partition coefficient (Wildman–Crippen LogP) is 5.34. The fourth-order valence-electron chi connectivity index (χ4n) is 6.42. The Morgan fingerprint density at radius 3 is 1.50 bits per heavy atom. The number of nitrogens with one attached hydrogen (secondary N) is 1. The molecular formula is C31H22N2O3. The van der Waals surface area contributed by atoms with Gasteiger partial charge in [-0.3, -0.25) is 14.4 Å². The van der Waals surface area contributed by atoms with Gasteiger partial charge in [-0.1, -0.05) is 66.7 Å². The molecule has 0 unspecified atom stereocenters. The molecular weight excluding hydrogens is 448 g/mol. The number of hydrogen-bond acceptors (Lipinski definition) is 3. The zero-order valence-electron chi connectivity index (χ0n) is 19.3. The average Bonchev–Trinajstić information content (AvgIpc) is 3.20. The molecule has 2 bridgehead atoms. The molecule has 0 radical (unpaired) electrons. The van der Waals surface area contributed by atoms with Gasteiger partial charge in [0, 0.05) is 23.1 Å². The van der Waals surface area contributed by atoms with Crippen molar-refractivity contribution in [1.29, 1.82) is 0 Å². The molecule has 5 heteroatoms. The minimum Gasteiger partial charge on any atom is -0.322 e. The number of benzene rings is 4. The van der Waals surface area contributed by atoms with Crippen molar-refractivity contribution in [1.82, 2.24) is 0 Å². The number of hydrogen-bond donors (Lipinski definition) is 1. The van der Waals surface area contributed by atoms with Crippen molar-refractivity contribution in [2.45, 2.75) is 11.8 Å². The number of carbonyl (C=O) groups excluding carboxylic acids is 3. The van der Waals surface area contributed by atoms with Gasteiger partial charge in [0.25, 0.3) is 5.91 Å². The summed E-state index contributed by atoms with van der Waals surface area (Å²) in [6, 6.07) is 32.4. The first-order valence-corrected chi connectivity index (χ1v) is 12.2. The van der Waals surface area contributed by atoms with Crippen LogP contribution in [0.4, 0.5) is 11.4 Å². The fraction of sp³-hybridized carbons (Fsp3) is 0.129. The van der Waals surface area contributed by atoms with E-state index in [1.807, 2.05) is 42.5 Å². The van der Waals surface area contributed by atoms with E-state index in [2.05, 4.69) is 29.6 Å². The summed E-state index contributed by atoms with van der Waals surface area (Å²) in [5, 5.41) is 2.87. The van der Waals surface area contributed by atoms with E-state index in [4.69, 9.17) is 0 Å². The number of nitrogens with zero attached hydrogens (tertiary/aromatic N) is 1. The molecule has 1 heterocycles.